The highest BCUT2D eigenvalue weighted by atomic mass is 31.1. The van der Waals surface area contributed by atoms with Gasteiger partial charge >= 0.3 is 0 Å². The normalized spacial score (nSPS) is 12.2. The largest absolute Gasteiger partial charge is 0.508 e. The summed E-state index contributed by atoms with van der Waals surface area (Å²) >= 11 is 0. The Morgan fingerprint density at radius 3 is 2.37 bits per heavy atom. The van der Waals surface area contributed by atoms with E-state index in [0.29, 0.717) is 5.30 Å². The molecule has 0 aliphatic carbocycles. The van der Waals surface area contributed by atoms with Gasteiger partial charge in [0.1, 0.15) is 17.4 Å². The van der Waals surface area contributed by atoms with Crippen molar-refractivity contribution in [2.75, 3.05) is 0 Å². The van der Waals surface area contributed by atoms with Gasteiger partial charge < -0.3 is 5.11 Å². The molecule has 0 heterocycles. The molecule has 100 valence electrons. The van der Waals surface area contributed by atoms with Crippen LogP contribution in [-0.4, -0.2) is 5.11 Å². The number of rotatable bonds is 3. The first-order chi connectivity index (χ1) is 8.90. The van der Waals surface area contributed by atoms with E-state index in [9.17, 15) is 13.9 Å². The maximum atomic E-state index is 13.7. The van der Waals surface area contributed by atoms with Crippen LogP contribution in [0.5, 0.6) is 5.75 Å². The number of aromatic hydroxyl groups is 1. The number of phenolic OH excluding ortho intramolecular Hbond substituents is 1. The van der Waals surface area contributed by atoms with Gasteiger partial charge in [-0.2, -0.15) is 0 Å². The summed E-state index contributed by atoms with van der Waals surface area (Å²) in [4.78, 5) is 0. The highest BCUT2D eigenvalue weighted by Gasteiger charge is 2.25. The van der Waals surface area contributed by atoms with Crippen molar-refractivity contribution in [3.05, 3.63) is 59.7 Å². The lowest BCUT2D eigenvalue weighted by Crippen LogP contribution is -2.16. The molecule has 0 aliphatic rings. The van der Waals surface area contributed by atoms with E-state index in [1.807, 2.05) is 26.0 Å². The summed E-state index contributed by atoms with van der Waals surface area (Å²) in [6.07, 6.45) is 0. The minimum Gasteiger partial charge on any atom is -0.508 e. The quantitative estimate of drug-likeness (QED) is 0.845. The molecule has 2 rings (SSSR count). The molecule has 0 saturated carbocycles. The standard InChI is InChI=1S/C15H15F2OP/c1-15(2,11-5-3-4-6-13(11)18)19-14-8-7-10(16)9-12(14)17/h3-9,18-19H,1-2H3. The van der Waals surface area contributed by atoms with E-state index in [1.54, 1.807) is 12.1 Å². The minimum atomic E-state index is -0.577. The maximum Gasteiger partial charge on any atom is 0.133 e. The summed E-state index contributed by atoms with van der Waals surface area (Å²) in [7, 11) is 0.0985. The van der Waals surface area contributed by atoms with E-state index in [0.717, 1.165) is 11.6 Å². The second kappa shape index (κ2) is 5.26. The molecular formula is C15H15F2OP. The molecule has 2 aromatic carbocycles. The number of hydrogen-bond acceptors (Lipinski definition) is 1. The Balaban J connectivity index is 2.33. The minimum absolute atomic E-state index is 0.0985. The molecule has 1 atom stereocenters. The van der Waals surface area contributed by atoms with Crippen molar-refractivity contribution in [2.24, 2.45) is 0 Å². The maximum absolute atomic E-state index is 13.7. The molecule has 1 N–H and O–H groups in total. The first-order valence-corrected chi connectivity index (χ1v) is 6.92. The van der Waals surface area contributed by atoms with Crippen LogP contribution in [-0.2, 0) is 5.16 Å². The smallest absolute Gasteiger partial charge is 0.133 e. The second-order valence-electron chi connectivity index (χ2n) is 4.89. The summed E-state index contributed by atoms with van der Waals surface area (Å²) in [5.41, 5.74) is 0.761. The van der Waals surface area contributed by atoms with Gasteiger partial charge in [-0.25, -0.2) is 8.78 Å². The zero-order valence-corrected chi connectivity index (χ0v) is 11.7. The van der Waals surface area contributed by atoms with Crippen LogP contribution in [0.1, 0.15) is 19.4 Å². The molecule has 0 bridgehead atoms. The lowest BCUT2D eigenvalue weighted by molar-refractivity contribution is 0.461. The van der Waals surface area contributed by atoms with Crippen molar-refractivity contribution in [1.29, 1.82) is 0 Å². The average molecular weight is 280 g/mol. The molecule has 0 saturated heterocycles. The Morgan fingerprint density at radius 2 is 1.74 bits per heavy atom. The van der Waals surface area contributed by atoms with Gasteiger partial charge in [0.05, 0.1) is 0 Å². The molecule has 0 spiro atoms. The van der Waals surface area contributed by atoms with Crippen LogP contribution in [0.4, 0.5) is 8.78 Å². The first kappa shape index (κ1) is 14.0. The van der Waals surface area contributed by atoms with Crippen LogP contribution < -0.4 is 5.30 Å². The fourth-order valence-electron chi connectivity index (χ4n) is 2.00. The van der Waals surface area contributed by atoms with Gasteiger partial charge in [0, 0.05) is 22.1 Å². The van der Waals surface area contributed by atoms with Gasteiger partial charge in [0.2, 0.25) is 0 Å². The summed E-state index contributed by atoms with van der Waals surface area (Å²) < 4.78 is 26.6. The van der Waals surface area contributed by atoms with Crippen LogP contribution in [0.2, 0.25) is 0 Å². The van der Waals surface area contributed by atoms with Gasteiger partial charge in [0.15, 0.2) is 0 Å². The zero-order valence-electron chi connectivity index (χ0n) is 10.7. The average Bonchev–Trinajstić information content (AvgIpc) is 2.33. The van der Waals surface area contributed by atoms with Crippen LogP contribution in [0, 0.1) is 11.6 Å². The van der Waals surface area contributed by atoms with Crippen molar-refractivity contribution in [3.8, 4) is 5.75 Å². The molecule has 0 aliphatic heterocycles. The van der Waals surface area contributed by atoms with Crippen LogP contribution in [0.15, 0.2) is 42.5 Å². The molecule has 2 aromatic rings. The van der Waals surface area contributed by atoms with Crippen molar-refractivity contribution < 1.29 is 13.9 Å². The van der Waals surface area contributed by atoms with Crippen molar-refractivity contribution in [3.63, 3.8) is 0 Å². The molecule has 19 heavy (non-hydrogen) atoms. The zero-order chi connectivity index (χ0) is 14.0. The van der Waals surface area contributed by atoms with Crippen LogP contribution >= 0.6 is 8.58 Å². The first-order valence-electron chi connectivity index (χ1n) is 5.92. The van der Waals surface area contributed by atoms with Gasteiger partial charge in [-0.05, 0) is 18.2 Å². The van der Waals surface area contributed by atoms with Gasteiger partial charge in [0.25, 0.3) is 0 Å². The lowest BCUT2D eigenvalue weighted by Gasteiger charge is -2.26. The molecule has 1 nitrogen and oxygen atoms in total. The predicted octanol–water partition coefficient (Wildman–Crippen LogP) is 3.91. The van der Waals surface area contributed by atoms with Crippen molar-refractivity contribution in [1.82, 2.24) is 0 Å². The van der Waals surface area contributed by atoms with Gasteiger partial charge in [-0.15, -0.1) is 0 Å². The third-order valence-corrected chi connectivity index (χ3v) is 4.52. The molecule has 1 unspecified atom stereocenters. The van der Waals surface area contributed by atoms with Crippen molar-refractivity contribution in [2.45, 2.75) is 19.0 Å². The highest BCUT2D eigenvalue weighted by Crippen LogP contribution is 2.44. The summed E-state index contributed by atoms with van der Waals surface area (Å²) in [6, 6.07) is 10.6. The SMILES string of the molecule is CC(C)(Pc1ccc(F)cc1F)c1ccccc1O. The molecular weight excluding hydrogens is 265 g/mol. The third kappa shape index (κ3) is 3.10. The predicted molar refractivity (Wildman–Crippen MR) is 75.4 cm³/mol. The number of halogens is 2. The van der Waals surface area contributed by atoms with E-state index in [1.165, 1.54) is 12.1 Å². The number of benzene rings is 2. The Hall–Kier alpha value is -1.47. The Labute approximate surface area is 113 Å². The summed E-state index contributed by atoms with van der Waals surface area (Å²) in [5, 5.41) is 9.94. The Kier molecular flexibility index (Phi) is 3.86. The third-order valence-electron chi connectivity index (χ3n) is 2.96. The van der Waals surface area contributed by atoms with Gasteiger partial charge in [-0.1, -0.05) is 40.6 Å². The fourth-order valence-corrected chi connectivity index (χ4v) is 3.37. The molecule has 0 aromatic heterocycles. The van der Waals surface area contributed by atoms with Crippen LogP contribution in [0.3, 0.4) is 0 Å². The van der Waals surface area contributed by atoms with E-state index >= 15 is 0 Å². The topological polar surface area (TPSA) is 20.2 Å². The summed E-state index contributed by atoms with van der Waals surface area (Å²) in [6.45, 7) is 3.87. The van der Waals surface area contributed by atoms with E-state index in [4.69, 9.17) is 0 Å². The monoisotopic (exact) mass is 280 g/mol. The number of para-hydroxylation sites is 1. The Morgan fingerprint density at radius 1 is 1.05 bits per heavy atom. The molecule has 4 heteroatoms. The Bertz CT molecular complexity index is 596. The van der Waals surface area contributed by atoms with Crippen molar-refractivity contribution >= 4 is 13.9 Å². The van der Waals surface area contributed by atoms with Crippen LogP contribution in [0.25, 0.3) is 0 Å². The van der Waals surface area contributed by atoms with E-state index in [-0.39, 0.29) is 14.3 Å². The molecule has 0 amide bonds. The highest BCUT2D eigenvalue weighted by molar-refractivity contribution is 7.48. The van der Waals surface area contributed by atoms with Gasteiger partial charge in [-0.3, -0.25) is 0 Å². The number of hydrogen-bond donors (Lipinski definition) is 1. The number of phenols is 1. The van der Waals surface area contributed by atoms with E-state index in [2.05, 4.69) is 0 Å². The van der Waals surface area contributed by atoms with E-state index < -0.39 is 16.8 Å². The lowest BCUT2D eigenvalue weighted by atomic mass is 10.0. The fraction of sp³-hybridized carbons (Fsp3) is 0.200. The molecule has 0 fully saturated rings. The second-order valence-corrected chi connectivity index (χ2v) is 6.93. The molecule has 0 radical (unpaired) electrons. The summed E-state index contributed by atoms with van der Waals surface area (Å²) in [5.74, 6) is -0.921.